The summed E-state index contributed by atoms with van der Waals surface area (Å²) in [6, 6.07) is 7.07. The van der Waals surface area contributed by atoms with E-state index in [1.54, 1.807) is 0 Å². The van der Waals surface area contributed by atoms with Crippen molar-refractivity contribution in [2.45, 2.75) is 45.3 Å². The van der Waals surface area contributed by atoms with Gasteiger partial charge in [-0.15, -0.1) is 0 Å². The number of hydrogen-bond acceptors (Lipinski definition) is 4. The third-order valence-electron chi connectivity index (χ3n) is 5.17. The molecule has 0 aliphatic carbocycles. The van der Waals surface area contributed by atoms with Gasteiger partial charge >= 0.3 is 6.18 Å². The molecule has 0 atom stereocenters. The molecule has 1 amide bonds. The van der Waals surface area contributed by atoms with Crippen LogP contribution in [-0.2, 0) is 0 Å². The normalized spacial score (nSPS) is 12.2. The van der Waals surface area contributed by atoms with Gasteiger partial charge in [-0.2, -0.15) is 13.2 Å². The Morgan fingerprint density at radius 1 is 1.00 bits per heavy atom. The van der Waals surface area contributed by atoms with E-state index in [0.717, 1.165) is 18.7 Å². The summed E-state index contributed by atoms with van der Waals surface area (Å²) in [4.78, 5) is 26.9. The summed E-state index contributed by atoms with van der Waals surface area (Å²) >= 11 is 5.92. The number of hydrogen-bond donors (Lipinski definition) is 0. The predicted octanol–water partition coefficient (Wildman–Crippen LogP) is 6.30. The van der Waals surface area contributed by atoms with Gasteiger partial charge in [0.15, 0.2) is 0 Å². The van der Waals surface area contributed by atoms with E-state index >= 15 is 0 Å². The van der Waals surface area contributed by atoms with E-state index < -0.39 is 17.6 Å². The van der Waals surface area contributed by atoms with Crippen molar-refractivity contribution in [3.8, 4) is 11.1 Å². The number of nitrogens with zero attached hydrogens (tertiary/aromatic N) is 4. The van der Waals surface area contributed by atoms with E-state index in [1.165, 1.54) is 55.2 Å². The zero-order valence-electron chi connectivity index (χ0n) is 18.0. The van der Waals surface area contributed by atoms with Crippen molar-refractivity contribution in [1.29, 1.82) is 0 Å². The highest BCUT2D eigenvalue weighted by Crippen LogP contribution is 2.40. The van der Waals surface area contributed by atoms with Gasteiger partial charge in [-0.3, -0.25) is 14.7 Å². The van der Waals surface area contributed by atoms with Gasteiger partial charge in [0.25, 0.3) is 5.91 Å². The Morgan fingerprint density at radius 2 is 1.62 bits per heavy atom. The number of anilines is 1. The van der Waals surface area contributed by atoms with Crippen LogP contribution in [0.3, 0.4) is 0 Å². The van der Waals surface area contributed by atoms with Crippen LogP contribution >= 0.6 is 11.6 Å². The molecule has 2 aromatic heterocycles. The molecule has 32 heavy (non-hydrogen) atoms. The van der Waals surface area contributed by atoms with Gasteiger partial charge in [-0.25, -0.2) is 9.97 Å². The molecule has 0 bridgehead atoms. The fraction of sp³-hybridized carbons (Fsp3) is 0.304. The van der Waals surface area contributed by atoms with Crippen molar-refractivity contribution in [3.05, 3.63) is 71.5 Å². The number of rotatable bonds is 5. The second-order valence-electron chi connectivity index (χ2n) is 8.07. The minimum atomic E-state index is -4.70. The fourth-order valence-corrected chi connectivity index (χ4v) is 3.46. The molecule has 0 fully saturated rings. The highest BCUT2D eigenvalue weighted by molar-refractivity contribution is 6.30. The molecule has 0 unspecified atom stereocenters. The lowest BCUT2D eigenvalue weighted by Gasteiger charge is -2.40. The SMILES string of the molecule is CC(C)c1ncncc1-c1cnccc1C(=O)N(c1ccc(Cl)cc1)C(C)(C)C(F)(F)F. The Labute approximate surface area is 189 Å². The van der Waals surface area contributed by atoms with Crippen molar-refractivity contribution in [2.75, 3.05) is 4.90 Å². The molecule has 0 radical (unpaired) electrons. The van der Waals surface area contributed by atoms with E-state index in [1.807, 2.05) is 13.8 Å². The van der Waals surface area contributed by atoms with E-state index in [2.05, 4.69) is 15.0 Å². The number of alkyl halides is 3. The molecular formula is C23H22ClF3N4O. The Bertz CT molecular complexity index is 1110. The van der Waals surface area contributed by atoms with E-state index in [4.69, 9.17) is 11.6 Å². The van der Waals surface area contributed by atoms with Crippen LogP contribution < -0.4 is 4.90 Å². The summed E-state index contributed by atoms with van der Waals surface area (Å²) in [6.07, 6.45) is 1.05. The van der Waals surface area contributed by atoms with Crippen LogP contribution in [0.15, 0.2) is 55.2 Å². The maximum Gasteiger partial charge on any atom is 0.411 e. The predicted molar refractivity (Wildman–Crippen MR) is 118 cm³/mol. The van der Waals surface area contributed by atoms with Crippen LogP contribution in [-0.4, -0.2) is 32.6 Å². The van der Waals surface area contributed by atoms with Crippen molar-refractivity contribution in [1.82, 2.24) is 15.0 Å². The minimum Gasteiger partial charge on any atom is -0.294 e. The van der Waals surface area contributed by atoms with Crippen LogP contribution in [0, 0.1) is 0 Å². The molecule has 0 aliphatic rings. The smallest absolute Gasteiger partial charge is 0.294 e. The maximum absolute atomic E-state index is 14.1. The van der Waals surface area contributed by atoms with Gasteiger partial charge in [0, 0.05) is 40.4 Å². The highest BCUT2D eigenvalue weighted by atomic mass is 35.5. The summed E-state index contributed by atoms with van der Waals surface area (Å²) in [6.45, 7) is 5.78. The van der Waals surface area contributed by atoms with Gasteiger partial charge < -0.3 is 0 Å². The molecule has 5 nitrogen and oxygen atoms in total. The molecule has 3 rings (SSSR count). The molecule has 0 saturated carbocycles. The highest BCUT2D eigenvalue weighted by Gasteiger charge is 2.54. The summed E-state index contributed by atoms with van der Waals surface area (Å²) in [5.41, 5.74) is -0.817. The van der Waals surface area contributed by atoms with Crippen LogP contribution in [0.5, 0.6) is 0 Å². The fourth-order valence-electron chi connectivity index (χ4n) is 3.33. The minimum absolute atomic E-state index is 0.00450. The van der Waals surface area contributed by atoms with Gasteiger partial charge in [-0.1, -0.05) is 25.4 Å². The van der Waals surface area contributed by atoms with E-state index in [9.17, 15) is 18.0 Å². The quantitative estimate of drug-likeness (QED) is 0.446. The lowest BCUT2D eigenvalue weighted by Crippen LogP contribution is -2.57. The summed E-state index contributed by atoms with van der Waals surface area (Å²) in [5.74, 6) is -0.833. The summed E-state index contributed by atoms with van der Waals surface area (Å²) in [7, 11) is 0. The monoisotopic (exact) mass is 462 g/mol. The van der Waals surface area contributed by atoms with Gasteiger partial charge in [0.1, 0.15) is 11.9 Å². The average molecular weight is 463 g/mol. The van der Waals surface area contributed by atoms with Crippen molar-refractivity contribution >= 4 is 23.2 Å². The summed E-state index contributed by atoms with van der Waals surface area (Å²) in [5, 5.41) is 0.346. The van der Waals surface area contributed by atoms with E-state index in [0.29, 0.717) is 21.8 Å². The maximum atomic E-state index is 14.1. The molecule has 2 heterocycles. The second-order valence-corrected chi connectivity index (χ2v) is 8.51. The molecule has 0 N–H and O–H groups in total. The van der Waals surface area contributed by atoms with Crippen LogP contribution in [0.25, 0.3) is 11.1 Å². The van der Waals surface area contributed by atoms with Crippen LogP contribution in [0.4, 0.5) is 18.9 Å². The largest absolute Gasteiger partial charge is 0.411 e. The Balaban J connectivity index is 2.23. The van der Waals surface area contributed by atoms with Crippen molar-refractivity contribution in [2.24, 2.45) is 0 Å². The second kappa shape index (κ2) is 8.86. The molecule has 3 aromatic rings. The zero-order chi connectivity index (χ0) is 23.7. The Hall–Kier alpha value is -3.00. The number of pyridine rings is 1. The summed E-state index contributed by atoms with van der Waals surface area (Å²) < 4.78 is 42.2. The Kier molecular flexibility index (Phi) is 6.55. The first-order chi connectivity index (χ1) is 14.9. The molecular weight excluding hydrogens is 441 g/mol. The topological polar surface area (TPSA) is 59.0 Å². The first kappa shape index (κ1) is 23.7. The molecule has 0 spiro atoms. The third kappa shape index (κ3) is 4.46. The molecule has 0 saturated heterocycles. The van der Waals surface area contributed by atoms with Gasteiger partial charge in [0.05, 0.1) is 11.3 Å². The first-order valence-electron chi connectivity index (χ1n) is 9.86. The average Bonchev–Trinajstić information content (AvgIpc) is 2.74. The number of carbonyl (C=O) groups excluding carboxylic acids is 1. The van der Waals surface area contributed by atoms with E-state index in [-0.39, 0.29) is 17.2 Å². The number of amides is 1. The Morgan fingerprint density at radius 3 is 2.22 bits per heavy atom. The van der Waals surface area contributed by atoms with Crippen LogP contribution in [0.2, 0.25) is 5.02 Å². The number of aromatic nitrogens is 3. The molecule has 9 heteroatoms. The lowest BCUT2D eigenvalue weighted by atomic mass is 9.94. The zero-order valence-corrected chi connectivity index (χ0v) is 18.7. The third-order valence-corrected chi connectivity index (χ3v) is 5.42. The van der Waals surface area contributed by atoms with Crippen LogP contribution in [0.1, 0.15) is 49.7 Å². The first-order valence-corrected chi connectivity index (χ1v) is 10.2. The number of carbonyl (C=O) groups is 1. The molecule has 168 valence electrons. The van der Waals surface area contributed by atoms with Crippen molar-refractivity contribution < 1.29 is 18.0 Å². The molecule has 1 aromatic carbocycles. The van der Waals surface area contributed by atoms with Crippen molar-refractivity contribution in [3.63, 3.8) is 0 Å². The number of benzene rings is 1. The molecule has 0 aliphatic heterocycles. The van der Waals surface area contributed by atoms with Gasteiger partial charge in [-0.05, 0) is 50.1 Å². The lowest BCUT2D eigenvalue weighted by molar-refractivity contribution is -0.174. The number of halogens is 4. The standard InChI is InChI=1S/C23H22ClF3N4O/c1-14(2)20-19(12-29-13-30-20)18-11-28-10-9-17(18)21(32)31(22(3,4)23(25,26)27)16-7-5-15(24)6-8-16/h5-14H,1-4H3. The van der Waals surface area contributed by atoms with Gasteiger partial charge in [0.2, 0.25) is 0 Å².